The molecule has 92 valence electrons. The van der Waals surface area contributed by atoms with Crippen LogP contribution in [-0.2, 0) is 4.79 Å². The molecule has 2 atom stereocenters. The van der Waals surface area contributed by atoms with E-state index in [1.165, 1.54) is 0 Å². The van der Waals surface area contributed by atoms with Crippen LogP contribution in [0.2, 0.25) is 0 Å². The van der Waals surface area contributed by atoms with Gasteiger partial charge >= 0.3 is 12.1 Å². The van der Waals surface area contributed by atoms with Crippen LogP contribution in [0, 0.1) is 0 Å². The summed E-state index contributed by atoms with van der Waals surface area (Å²) in [5, 5.41) is 11.2. The molecule has 1 aliphatic carbocycles. The number of carbonyl (C=O) groups is 1. The molecular weight excluding hydrogens is 223 g/mol. The van der Waals surface area contributed by atoms with Gasteiger partial charge < -0.3 is 10.4 Å². The van der Waals surface area contributed by atoms with Gasteiger partial charge in [-0.2, -0.15) is 13.2 Å². The average molecular weight is 237 g/mol. The Morgan fingerprint density at radius 2 is 2.00 bits per heavy atom. The van der Waals surface area contributed by atoms with E-state index in [4.69, 9.17) is 0 Å². The second-order valence-electron chi connectivity index (χ2n) is 3.82. The Labute approximate surface area is 91.3 Å². The van der Waals surface area contributed by atoms with E-state index in [9.17, 15) is 23.1 Å². The minimum Gasteiger partial charge on any atom is -0.389 e. The van der Waals surface area contributed by atoms with Crippen LogP contribution in [0.3, 0.4) is 0 Å². The zero-order chi connectivity index (χ0) is 12.2. The van der Waals surface area contributed by atoms with E-state index in [1.807, 2.05) is 5.32 Å². The fourth-order valence-corrected chi connectivity index (χ4v) is 1.57. The molecule has 0 bridgehead atoms. The summed E-state index contributed by atoms with van der Waals surface area (Å²) in [6.45, 7) is 0. The minimum atomic E-state index is -4.84. The van der Waals surface area contributed by atoms with Crippen LogP contribution in [0.25, 0.3) is 0 Å². The Kier molecular flexibility index (Phi) is 4.35. The van der Waals surface area contributed by atoms with Crippen LogP contribution < -0.4 is 5.32 Å². The third kappa shape index (κ3) is 4.22. The minimum absolute atomic E-state index is 0.354. The third-order valence-corrected chi connectivity index (χ3v) is 2.44. The first-order valence-electron chi connectivity index (χ1n) is 5.12. The van der Waals surface area contributed by atoms with Crippen molar-refractivity contribution in [2.75, 3.05) is 0 Å². The van der Waals surface area contributed by atoms with E-state index >= 15 is 0 Å². The molecule has 6 heteroatoms. The third-order valence-electron chi connectivity index (χ3n) is 2.44. The van der Waals surface area contributed by atoms with Gasteiger partial charge in [-0.25, -0.2) is 0 Å². The van der Waals surface area contributed by atoms with E-state index in [1.54, 1.807) is 12.2 Å². The zero-order valence-electron chi connectivity index (χ0n) is 8.63. The lowest BCUT2D eigenvalue weighted by atomic mass is 9.99. The van der Waals surface area contributed by atoms with Crippen LogP contribution in [0.5, 0.6) is 0 Å². The Bertz CT molecular complexity index is 276. The van der Waals surface area contributed by atoms with Crippen LogP contribution in [0.4, 0.5) is 13.2 Å². The number of hydrogen-bond acceptors (Lipinski definition) is 2. The average Bonchev–Trinajstić information content (AvgIpc) is 2.15. The Hall–Kier alpha value is -1.04. The normalized spacial score (nSPS) is 29.0. The molecule has 2 N–H and O–H groups in total. The Morgan fingerprint density at radius 1 is 1.31 bits per heavy atom. The van der Waals surface area contributed by atoms with Crippen molar-refractivity contribution in [1.29, 1.82) is 0 Å². The molecule has 1 rings (SSSR count). The molecule has 0 radical (unpaired) electrons. The molecule has 0 saturated heterocycles. The fourth-order valence-electron chi connectivity index (χ4n) is 1.57. The van der Waals surface area contributed by atoms with Gasteiger partial charge in [-0.05, 0) is 25.7 Å². The Balaban J connectivity index is 2.48. The molecular formula is C10H14F3NO2. The summed E-state index contributed by atoms with van der Waals surface area (Å²) in [4.78, 5) is 10.7. The van der Waals surface area contributed by atoms with Gasteiger partial charge in [0.05, 0.1) is 6.10 Å². The molecule has 0 aliphatic heterocycles. The highest BCUT2D eigenvalue weighted by Crippen LogP contribution is 2.18. The van der Waals surface area contributed by atoms with E-state index < -0.39 is 24.2 Å². The summed E-state index contributed by atoms with van der Waals surface area (Å²) < 4.78 is 36.0. The molecule has 0 heterocycles. The van der Waals surface area contributed by atoms with Crippen LogP contribution in [0.15, 0.2) is 12.2 Å². The first-order chi connectivity index (χ1) is 7.39. The maximum Gasteiger partial charge on any atom is 0.471 e. The summed E-state index contributed by atoms with van der Waals surface area (Å²) in [5.41, 5.74) is 0. The summed E-state index contributed by atoms with van der Waals surface area (Å²) in [6, 6.07) is -0.520. The quantitative estimate of drug-likeness (QED) is 0.679. The van der Waals surface area contributed by atoms with E-state index in [0.29, 0.717) is 25.7 Å². The summed E-state index contributed by atoms with van der Waals surface area (Å²) in [5.74, 6) is -1.91. The molecule has 0 aromatic rings. The molecule has 16 heavy (non-hydrogen) atoms. The number of nitrogens with one attached hydrogen (secondary N) is 1. The highest BCUT2D eigenvalue weighted by atomic mass is 19.4. The first kappa shape index (κ1) is 13.0. The maximum atomic E-state index is 12.0. The summed E-state index contributed by atoms with van der Waals surface area (Å²) in [7, 11) is 0. The summed E-state index contributed by atoms with van der Waals surface area (Å²) >= 11 is 0. The zero-order valence-corrected chi connectivity index (χ0v) is 8.63. The largest absolute Gasteiger partial charge is 0.471 e. The molecule has 1 amide bonds. The van der Waals surface area contributed by atoms with Gasteiger partial charge in [0.2, 0.25) is 0 Å². The summed E-state index contributed by atoms with van der Waals surface area (Å²) in [6.07, 6.45) is -0.391. The molecule has 0 saturated carbocycles. The van der Waals surface area contributed by atoms with Crippen molar-refractivity contribution in [2.24, 2.45) is 0 Å². The second kappa shape index (κ2) is 5.34. The highest BCUT2D eigenvalue weighted by molar-refractivity contribution is 5.81. The molecule has 0 aromatic heterocycles. The van der Waals surface area contributed by atoms with Gasteiger partial charge in [-0.1, -0.05) is 12.2 Å². The molecule has 0 spiro atoms. The monoisotopic (exact) mass is 237 g/mol. The molecule has 2 unspecified atom stereocenters. The number of aliphatic hydroxyl groups is 1. The number of halogens is 3. The number of alkyl halides is 3. The second-order valence-corrected chi connectivity index (χ2v) is 3.82. The topological polar surface area (TPSA) is 49.3 Å². The number of carbonyl (C=O) groups excluding carboxylic acids is 1. The Morgan fingerprint density at radius 3 is 2.62 bits per heavy atom. The van der Waals surface area contributed by atoms with Crippen molar-refractivity contribution in [3.05, 3.63) is 12.2 Å². The highest BCUT2D eigenvalue weighted by Gasteiger charge is 2.39. The van der Waals surface area contributed by atoms with Gasteiger partial charge in [0.15, 0.2) is 0 Å². The predicted molar refractivity (Wildman–Crippen MR) is 51.6 cm³/mol. The van der Waals surface area contributed by atoms with E-state index in [0.717, 1.165) is 0 Å². The fraction of sp³-hybridized carbons (Fsp3) is 0.700. The smallest absolute Gasteiger partial charge is 0.389 e. The van der Waals surface area contributed by atoms with Crippen molar-refractivity contribution < 1.29 is 23.1 Å². The number of hydrogen-bond donors (Lipinski definition) is 2. The van der Waals surface area contributed by atoms with E-state index in [-0.39, 0.29) is 0 Å². The lowest BCUT2D eigenvalue weighted by Crippen LogP contribution is -2.43. The predicted octanol–water partition coefficient (Wildman–Crippen LogP) is 1.52. The molecule has 0 aromatic carbocycles. The lowest BCUT2D eigenvalue weighted by Gasteiger charge is -2.21. The number of aliphatic hydroxyl groups excluding tert-OH is 1. The van der Waals surface area contributed by atoms with Gasteiger partial charge in [0.1, 0.15) is 0 Å². The van der Waals surface area contributed by atoms with Gasteiger partial charge in [-0.3, -0.25) is 4.79 Å². The van der Waals surface area contributed by atoms with Crippen molar-refractivity contribution in [3.63, 3.8) is 0 Å². The number of allylic oxidation sites excluding steroid dienone is 1. The number of rotatable bonds is 1. The molecule has 0 fully saturated rings. The van der Waals surface area contributed by atoms with Crippen molar-refractivity contribution >= 4 is 5.91 Å². The van der Waals surface area contributed by atoms with Crippen LogP contribution in [0.1, 0.15) is 25.7 Å². The van der Waals surface area contributed by atoms with Crippen molar-refractivity contribution in [2.45, 2.75) is 44.0 Å². The SMILES string of the molecule is O=C(NC1CC/C=C/C(O)CC1)C(F)(F)F. The standard InChI is InChI=1S/C10H14F3NO2/c11-10(12,13)9(16)14-7-3-1-2-4-8(15)6-5-7/h2,4,7-8,15H,1,3,5-6H2,(H,14,16)/b4-2+. The van der Waals surface area contributed by atoms with Crippen LogP contribution >= 0.6 is 0 Å². The van der Waals surface area contributed by atoms with Gasteiger partial charge in [0, 0.05) is 6.04 Å². The van der Waals surface area contributed by atoms with Gasteiger partial charge in [0.25, 0.3) is 0 Å². The van der Waals surface area contributed by atoms with Crippen molar-refractivity contribution in [3.8, 4) is 0 Å². The molecule has 3 nitrogen and oxygen atoms in total. The first-order valence-corrected chi connectivity index (χ1v) is 5.12. The number of amides is 1. The van der Waals surface area contributed by atoms with Crippen molar-refractivity contribution in [1.82, 2.24) is 5.32 Å². The maximum absolute atomic E-state index is 12.0. The molecule has 1 aliphatic rings. The lowest BCUT2D eigenvalue weighted by molar-refractivity contribution is -0.174. The van der Waals surface area contributed by atoms with Crippen LogP contribution in [-0.4, -0.2) is 29.3 Å². The van der Waals surface area contributed by atoms with E-state index in [2.05, 4.69) is 0 Å². The van der Waals surface area contributed by atoms with Gasteiger partial charge in [-0.15, -0.1) is 0 Å².